The van der Waals surface area contributed by atoms with Crippen molar-refractivity contribution in [3.05, 3.63) is 29.8 Å². The molecule has 0 bridgehead atoms. The normalized spacial score (nSPS) is 16.9. The molecule has 1 aliphatic heterocycles. The summed E-state index contributed by atoms with van der Waals surface area (Å²) in [6, 6.07) is 7.10. The number of carbonyl (C=O) groups is 2. The van der Waals surface area contributed by atoms with E-state index < -0.39 is 0 Å². The van der Waals surface area contributed by atoms with Crippen molar-refractivity contribution in [2.45, 2.75) is 45.6 Å². The Kier molecular flexibility index (Phi) is 5.77. The lowest BCUT2D eigenvalue weighted by atomic mass is 10.0. The van der Waals surface area contributed by atoms with Gasteiger partial charge >= 0.3 is 0 Å². The highest BCUT2D eigenvalue weighted by Gasteiger charge is 2.34. The summed E-state index contributed by atoms with van der Waals surface area (Å²) in [5.41, 5.74) is 1.05. The maximum Gasteiger partial charge on any atom is 0.254 e. The predicted molar refractivity (Wildman–Crippen MR) is 90.5 cm³/mol. The molecule has 1 saturated heterocycles. The molecule has 2 rings (SSSR count). The van der Waals surface area contributed by atoms with Crippen molar-refractivity contribution >= 4 is 17.5 Å². The predicted octanol–water partition coefficient (Wildman–Crippen LogP) is 3.07. The summed E-state index contributed by atoms with van der Waals surface area (Å²) in [5, 5.41) is 2.85. The minimum absolute atomic E-state index is 0.00200. The number of unbranched alkanes of at least 4 members (excludes halogenated alkanes) is 1. The molecule has 1 fully saturated rings. The number of morpholine rings is 1. The van der Waals surface area contributed by atoms with Crippen LogP contribution in [0.2, 0.25) is 0 Å². The fraction of sp³-hybridized carbons (Fsp3) is 0.556. The third-order valence-electron chi connectivity index (χ3n) is 4.06. The SMILES string of the molecule is CCCCC(=O)Nc1ccc(C(=O)N2CCOCC2(C)C)cc1. The van der Waals surface area contributed by atoms with E-state index in [9.17, 15) is 9.59 Å². The number of rotatable bonds is 5. The second-order valence-corrected chi connectivity index (χ2v) is 6.55. The third-order valence-corrected chi connectivity index (χ3v) is 4.06. The van der Waals surface area contributed by atoms with Gasteiger partial charge in [-0.3, -0.25) is 9.59 Å². The van der Waals surface area contributed by atoms with Crippen LogP contribution in [0.1, 0.15) is 50.4 Å². The lowest BCUT2D eigenvalue weighted by molar-refractivity contribution is -0.116. The van der Waals surface area contributed by atoms with E-state index in [-0.39, 0.29) is 17.4 Å². The number of hydrogen-bond acceptors (Lipinski definition) is 3. The molecule has 5 nitrogen and oxygen atoms in total. The molecule has 1 aliphatic rings. The number of amides is 2. The fourth-order valence-electron chi connectivity index (χ4n) is 2.65. The third kappa shape index (κ3) is 4.55. The molecule has 2 amide bonds. The zero-order chi connectivity index (χ0) is 16.9. The van der Waals surface area contributed by atoms with E-state index in [1.165, 1.54) is 0 Å². The van der Waals surface area contributed by atoms with Crippen molar-refractivity contribution in [1.82, 2.24) is 4.90 Å². The van der Waals surface area contributed by atoms with Crippen LogP contribution in [0.5, 0.6) is 0 Å². The smallest absolute Gasteiger partial charge is 0.254 e. The molecule has 0 aromatic heterocycles. The van der Waals surface area contributed by atoms with Crippen molar-refractivity contribution in [1.29, 1.82) is 0 Å². The summed E-state index contributed by atoms with van der Waals surface area (Å²) in [6.07, 6.45) is 2.41. The highest BCUT2D eigenvalue weighted by Crippen LogP contribution is 2.22. The van der Waals surface area contributed by atoms with Crippen molar-refractivity contribution in [3.63, 3.8) is 0 Å². The molecule has 126 valence electrons. The number of hydrogen-bond donors (Lipinski definition) is 1. The molecule has 0 atom stereocenters. The van der Waals surface area contributed by atoms with E-state index >= 15 is 0 Å². The second kappa shape index (κ2) is 7.59. The lowest BCUT2D eigenvalue weighted by Crippen LogP contribution is -2.55. The van der Waals surface area contributed by atoms with Crippen LogP contribution in [0.4, 0.5) is 5.69 Å². The summed E-state index contributed by atoms with van der Waals surface area (Å²) >= 11 is 0. The van der Waals surface area contributed by atoms with Gasteiger partial charge in [-0.15, -0.1) is 0 Å². The van der Waals surface area contributed by atoms with E-state index in [2.05, 4.69) is 12.2 Å². The highest BCUT2D eigenvalue weighted by atomic mass is 16.5. The maximum absolute atomic E-state index is 12.7. The number of carbonyl (C=O) groups excluding carboxylic acids is 2. The number of ether oxygens (including phenoxy) is 1. The number of benzene rings is 1. The molecule has 1 aromatic carbocycles. The zero-order valence-corrected chi connectivity index (χ0v) is 14.2. The molecule has 1 N–H and O–H groups in total. The molecular formula is C18H26N2O3. The molecule has 0 saturated carbocycles. The van der Waals surface area contributed by atoms with Crippen LogP contribution in [-0.4, -0.2) is 42.0 Å². The topological polar surface area (TPSA) is 58.6 Å². The first-order valence-electron chi connectivity index (χ1n) is 8.23. The van der Waals surface area contributed by atoms with Crippen LogP contribution < -0.4 is 5.32 Å². The van der Waals surface area contributed by atoms with Crippen LogP contribution in [0, 0.1) is 0 Å². The number of nitrogens with one attached hydrogen (secondary N) is 1. The van der Waals surface area contributed by atoms with Crippen molar-refractivity contribution in [3.8, 4) is 0 Å². The quantitative estimate of drug-likeness (QED) is 0.907. The molecule has 1 aromatic rings. The van der Waals surface area contributed by atoms with Crippen molar-refractivity contribution in [2.75, 3.05) is 25.1 Å². The van der Waals surface area contributed by atoms with Gasteiger partial charge in [0, 0.05) is 24.2 Å². The molecular weight excluding hydrogens is 292 g/mol. The van der Waals surface area contributed by atoms with Gasteiger partial charge in [0.05, 0.1) is 18.8 Å². The van der Waals surface area contributed by atoms with Crippen LogP contribution in [0.3, 0.4) is 0 Å². The molecule has 0 unspecified atom stereocenters. The van der Waals surface area contributed by atoms with Gasteiger partial charge in [0.25, 0.3) is 5.91 Å². The average Bonchev–Trinajstić information content (AvgIpc) is 2.52. The first kappa shape index (κ1) is 17.5. The summed E-state index contributed by atoms with van der Waals surface area (Å²) in [7, 11) is 0. The van der Waals surface area contributed by atoms with Gasteiger partial charge in [0.1, 0.15) is 0 Å². The van der Waals surface area contributed by atoms with Crippen LogP contribution in [0.15, 0.2) is 24.3 Å². The zero-order valence-electron chi connectivity index (χ0n) is 14.2. The Hall–Kier alpha value is -1.88. The van der Waals surface area contributed by atoms with Crippen LogP contribution in [0.25, 0.3) is 0 Å². The van der Waals surface area contributed by atoms with Gasteiger partial charge in [-0.1, -0.05) is 13.3 Å². The van der Waals surface area contributed by atoms with Gasteiger partial charge in [0.15, 0.2) is 0 Å². The Morgan fingerprint density at radius 1 is 1.26 bits per heavy atom. The molecule has 1 heterocycles. The van der Waals surface area contributed by atoms with E-state index in [0.29, 0.717) is 31.7 Å². The lowest BCUT2D eigenvalue weighted by Gasteiger charge is -2.42. The van der Waals surface area contributed by atoms with E-state index in [4.69, 9.17) is 4.74 Å². The fourth-order valence-corrected chi connectivity index (χ4v) is 2.65. The second-order valence-electron chi connectivity index (χ2n) is 6.55. The molecule has 0 spiro atoms. The van der Waals surface area contributed by atoms with Gasteiger partial charge in [-0.25, -0.2) is 0 Å². The molecule has 23 heavy (non-hydrogen) atoms. The van der Waals surface area contributed by atoms with Gasteiger partial charge in [-0.05, 0) is 44.5 Å². The number of anilines is 1. The van der Waals surface area contributed by atoms with E-state index in [1.807, 2.05) is 18.7 Å². The largest absolute Gasteiger partial charge is 0.377 e. The Morgan fingerprint density at radius 2 is 1.96 bits per heavy atom. The Bertz CT molecular complexity index is 552. The Balaban J connectivity index is 2.01. The van der Waals surface area contributed by atoms with Crippen molar-refractivity contribution < 1.29 is 14.3 Å². The van der Waals surface area contributed by atoms with Crippen LogP contribution in [-0.2, 0) is 9.53 Å². The van der Waals surface area contributed by atoms with Gasteiger partial charge in [-0.2, -0.15) is 0 Å². The Labute approximate surface area is 138 Å². The summed E-state index contributed by atoms with van der Waals surface area (Å²) < 4.78 is 5.45. The van der Waals surface area contributed by atoms with Crippen LogP contribution >= 0.6 is 0 Å². The molecule has 5 heteroatoms. The minimum Gasteiger partial charge on any atom is -0.377 e. The summed E-state index contributed by atoms with van der Waals surface area (Å²) in [5.74, 6) is 0.0161. The number of nitrogens with zero attached hydrogens (tertiary/aromatic N) is 1. The molecule has 0 radical (unpaired) electrons. The first-order valence-corrected chi connectivity index (χ1v) is 8.23. The van der Waals surface area contributed by atoms with E-state index in [1.54, 1.807) is 24.3 Å². The van der Waals surface area contributed by atoms with Gasteiger partial charge < -0.3 is 15.0 Å². The maximum atomic E-state index is 12.7. The van der Waals surface area contributed by atoms with E-state index in [0.717, 1.165) is 18.5 Å². The highest BCUT2D eigenvalue weighted by molar-refractivity contribution is 5.96. The Morgan fingerprint density at radius 3 is 2.57 bits per heavy atom. The summed E-state index contributed by atoms with van der Waals surface area (Å²) in [4.78, 5) is 26.2. The molecule has 0 aliphatic carbocycles. The monoisotopic (exact) mass is 318 g/mol. The summed E-state index contributed by atoms with van der Waals surface area (Å²) in [6.45, 7) is 7.78. The minimum atomic E-state index is -0.303. The standard InChI is InChI=1S/C18H26N2O3/c1-4-5-6-16(21)19-15-9-7-14(8-10-15)17(22)20-11-12-23-13-18(20,2)3/h7-10H,4-6,11-13H2,1-3H3,(H,19,21). The van der Waals surface area contributed by atoms with Crippen molar-refractivity contribution in [2.24, 2.45) is 0 Å². The van der Waals surface area contributed by atoms with Gasteiger partial charge in [0.2, 0.25) is 5.91 Å². The average molecular weight is 318 g/mol. The first-order chi connectivity index (χ1) is 10.9.